The van der Waals surface area contributed by atoms with E-state index >= 15 is 0 Å². The summed E-state index contributed by atoms with van der Waals surface area (Å²) >= 11 is 0. The van der Waals surface area contributed by atoms with Crippen molar-refractivity contribution in [3.8, 4) is 0 Å². The number of carbonyl (C=O) groups is 1. The number of aryl methyl sites for hydroxylation is 2. The van der Waals surface area contributed by atoms with Crippen LogP contribution in [0.3, 0.4) is 0 Å². The fraction of sp³-hybridized carbons (Fsp3) is 0.500. The highest BCUT2D eigenvalue weighted by Gasteiger charge is 2.74. The molecule has 1 N–H and O–H groups in total. The first-order valence-corrected chi connectivity index (χ1v) is 6.39. The average molecular weight is 327 g/mol. The lowest BCUT2D eigenvalue weighted by atomic mass is 9.82. The van der Waals surface area contributed by atoms with E-state index in [9.17, 15) is 31.1 Å². The summed E-state index contributed by atoms with van der Waals surface area (Å²) in [6.45, 7) is 3.88. The monoisotopic (exact) mass is 327 g/mol. The average Bonchev–Trinajstić information content (AvgIpc) is 2.30. The number of hydrogen-bond donors (Lipinski definition) is 1. The molecule has 0 bridgehead atoms. The van der Waals surface area contributed by atoms with Gasteiger partial charge in [-0.2, -0.15) is 26.3 Å². The molecule has 0 fully saturated rings. The first-order chi connectivity index (χ1) is 9.86. The molecule has 0 unspecified atom stereocenters. The highest BCUT2D eigenvalue weighted by Crippen LogP contribution is 2.53. The topological polar surface area (TPSA) is 29.1 Å². The third kappa shape index (κ3) is 3.05. The number of amides is 1. The van der Waals surface area contributed by atoms with Crippen molar-refractivity contribution in [2.75, 3.05) is 5.32 Å². The minimum absolute atomic E-state index is 0.0816. The molecule has 0 saturated heterocycles. The van der Waals surface area contributed by atoms with E-state index in [0.29, 0.717) is 12.5 Å². The minimum atomic E-state index is -5.75. The molecule has 0 heterocycles. The molecule has 0 aliphatic carbocycles. The summed E-state index contributed by atoms with van der Waals surface area (Å²) in [6.07, 6.45) is -12.9. The van der Waals surface area contributed by atoms with E-state index in [1.807, 2.05) is 0 Å². The lowest BCUT2D eigenvalue weighted by molar-refractivity contribution is -0.324. The van der Waals surface area contributed by atoms with Crippen molar-refractivity contribution >= 4 is 11.6 Å². The summed E-state index contributed by atoms with van der Waals surface area (Å²) in [5, 5.41) is 1.76. The Morgan fingerprint density at radius 3 is 1.91 bits per heavy atom. The van der Waals surface area contributed by atoms with Crippen molar-refractivity contribution in [1.82, 2.24) is 0 Å². The summed E-state index contributed by atoms with van der Waals surface area (Å²) < 4.78 is 78.1. The molecule has 0 aliphatic rings. The molecule has 124 valence electrons. The SMILES string of the molecule is CCC(C(=O)Nc1ccc(C)cc1C)(C(F)(F)F)C(F)(F)F. The van der Waals surface area contributed by atoms with E-state index in [0.717, 1.165) is 5.56 Å². The van der Waals surface area contributed by atoms with Crippen LogP contribution in [0.4, 0.5) is 32.0 Å². The molecule has 0 aliphatic heterocycles. The Labute approximate surface area is 123 Å². The lowest BCUT2D eigenvalue weighted by Gasteiger charge is -2.35. The number of carbonyl (C=O) groups excluding carboxylic acids is 1. The molecule has 0 saturated carbocycles. The Kier molecular flexibility index (Phi) is 4.84. The predicted octanol–water partition coefficient (Wildman–Crippen LogP) is 4.76. The van der Waals surface area contributed by atoms with Crippen LogP contribution in [0.2, 0.25) is 0 Å². The second-order valence-electron chi connectivity index (χ2n) is 5.03. The molecule has 1 rings (SSSR count). The Balaban J connectivity index is 3.30. The lowest BCUT2D eigenvalue weighted by Crippen LogP contribution is -2.57. The number of alkyl halides is 6. The van der Waals surface area contributed by atoms with Gasteiger partial charge in [0.2, 0.25) is 11.3 Å². The Bertz CT molecular complexity index is 547. The number of rotatable bonds is 3. The summed E-state index contributed by atoms with van der Waals surface area (Å²) in [5.74, 6) is -2.12. The highest BCUT2D eigenvalue weighted by atomic mass is 19.4. The third-order valence-electron chi connectivity index (χ3n) is 3.52. The molecule has 8 heteroatoms. The molecular weight excluding hydrogens is 312 g/mol. The number of hydrogen-bond acceptors (Lipinski definition) is 1. The van der Waals surface area contributed by atoms with E-state index in [1.165, 1.54) is 19.1 Å². The molecule has 0 spiro atoms. The molecule has 1 aromatic rings. The van der Waals surface area contributed by atoms with Crippen molar-refractivity contribution < 1.29 is 31.1 Å². The zero-order chi connectivity index (χ0) is 17.3. The van der Waals surface area contributed by atoms with Gasteiger partial charge in [-0.1, -0.05) is 24.6 Å². The molecular formula is C14H15F6NO. The largest absolute Gasteiger partial charge is 0.412 e. The fourth-order valence-corrected chi connectivity index (χ4v) is 2.16. The van der Waals surface area contributed by atoms with Gasteiger partial charge in [-0.15, -0.1) is 0 Å². The van der Waals surface area contributed by atoms with E-state index < -0.39 is 30.1 Å². The summed E-state index contributed by atoms with van der Waals surface area (Å²) in [5.41, 5.74) is -3.37. The molecule has 2 nitrogen and oxygen atoms in total. The van der Waals surface area contributed by atoms with Crippen molar-refractivity contribution in [2.24, 2.45) is 5.41 Å². The van der Waals surface area contributed by atoms with Crippen LogP contribution in [0, 0.1) is 19.3 Å². The van der Waals surface area contributed by atoms with Crippen LogP contribution in [0.15, 0.2) is 18.2 Å². The normalized spacial score (nSPS) is 13.1. The van der Waals surface area contributed by atoms with Gasteiger partial charge in [0.25, 0.3) is 0 Å². The second-order valence-corrected chi connectivity index (χ2v) is 5.03. The van der Waals surface area contributed by atoms with Gasteiger partial charge in [0, 0.05) is 5.69 Å². The van der Waals surface area contributed by atoms with Gasteiger partial charge in [-0.3, -0.25) is 4.79 Å². The van der Waals surface area contributed by atoms with Gasteiger partial charge >= 0.3 is 12.4 Å². The number of anilines is 1. The zero-order valence-electron chi connectivity index (χ0n) is 12.1. The van der Waals surface area contributed by atoms with Gasteiger partial charge in [0.05, 0.1) is 0 Å². The van der Waals surface area contributed by atoms with Crippen molar-refractivity contribution in [3.63, 3.8) is 0 Å². The smallest absolute Gasteiger partial charge is 0.325 e. The van der Waals surface area contributed by atoms with Gasteiger partial charge in [0.15, 0.2) is 0 Å². The summed E-state index contributed by atoms with van der Waals surface area (Å²) in [7, 11) is 0. The fourth-order valence-electron chi connectivity index (χ4n) is 2.16. The van der Waals surface area contributed by atoms with Crippen LogP contribution < -0.4 is 5.32 Å². The maximum absolute atomic E-state index is 13.0. The molecule has 0 radical (unpaired) electrons. The number of nitrogens with one attached hydrogen (secondary N) is 1. The molecule has 22 heavy (non-hydrogen) atoms. The number of halogens is 6. The standard InChI is InChI=1S/C14H15F6NO/c1-4-12(13(15,16)17,14(18,19)20)11(22)21-10-6-5-8(2)7-9(10)3/h5-7H,4H2,1-3H3,(H,21,22). The van der Waals surface area contributed by atoms with Crippen molar-refractivity contribution in [1.29, 1.82) is 0 Å². The van der Waals surface area contributed by atoms with Crippen LogP contribution in [-0.4, -0.2) is 18.3 Å². The molecule has 1 amide bonds. The molecule has 0 aromatic heterocycles. The summed E-state index contributed by atoms with van der Waals surface area (Å²) in [4.78, 5) is 11.8. The van der Waals surface area contributed by atoms with Crippen LogP contribution >= 0.6 is 0 Å². The van der Waals surface area contributed by atoms with Crippen molar-refractivity contribution in [2.45, 2.75) is 39.5 Å². The van der Waals surface area contributed by atoms with E-state index in [1.54, 1.807) is 18.3 Å². The van der Waals surface area contributed by atoms with Gasteiger partial charge in [-0.05, 0) is 31.9 Å². The van der Waals surface area contributed by atoms with Crippen LogP contribution in [-0.2, 0) is 4.79 Å². The maximum atomic E-state index is 13.0. The Morgan fingerprint density at radius 2 is 1.55 bits per heavy atom. The van der Waals surface area contributed by atoms with Gasteiger partial charge < -0.3 is 5.32 Å². The Hall–Kier alpha value is -1.73. The highest BCUT2D eigenvalue weighted by molar-refractivity contribution is 5.97. The molecule has 0 atom stereocenters. The third-order valence-corrected chi connectivity index (χ3v) is 3.52. The predicted molar refractivity (Wildman–Crippen MR) is 69.4 cm³/mol. The maximum Gasteiger partial charge on any atom is 0.412 e. The van der Waals surface area contributed by atoms with Crippen LogP contribution in [0.5, 0.6) is 0 Å². The van der Waals surface area contributed by atoms with Crippen LogP contribution in [0.25, 0.3) is 0 Å². The zero-order valence-corrected chi connectivity index (χ0v) is 12.1. The van der Waals surface area contributed by atoms with E-state index in [2.05, 4.69) is 0 Å². The number of benzene rings is 1. The van der Waals surface area contributed by atoms with Gasteiger partial charge in [0.1, 0.15) is 0 Å². The van der Waals surface area contributed by atoms with E-state index in [-0.39, 0.29) is 5.69 Å². The van der Waals surface area contributed by atoms with Gasteiger partial charge in [-0.25, -0.2) is 0 Å². The first-order valence-electron chi connectivity index (χ1n) is 6.39. The van der Waals surface area contributed by atoms with E-state index in [4.69, 9.17) is 0 Å². The first kappa shape index (κ1) is 18.3. The molecule has 1 aromatic carbocycles. The van der Waals surface area contributed by atoms with Crippen molar-refractivity contribution in [3.05, 3.63) is 29.3 Å². The minimum Gasteiger partial charge on any atom is -0.325 e. The van der Waals surface area contributed by atoms with Crippen LogP contribution in [0.1, 0.15) is 24.5 Å². The quantitative estimate of drug-likeness (QED) is 0.797. The Morgan fingerprint density at radius 1 is 1.05 bits per heavy atom. The second kappa shape index (κ2) is 5.81. The summed E-state index contributed by atoms with van der Waals surface area (Å²) in [6, 6.07) is 4.30.